The highest BCUT2D eigenvalue weighted by atomic mass is 127. The molecule has 0 aliphatic carbocycles. The summed E-state index contributed by atoms with van der Waals surface area (Å²) in [6.07, 6.45) is -0.0178. The van der Waals surface area contributed by atoms with E-state index < -0.39 is 0 Å². The number of rotatable bonds is 1. The van der Waals surface area contributed by atoms with Gasteiger partial charge in [-0.2, -0.15) is 5.26 Å². The fourth-order valence-electron chi connectivity index (χ4n) is 1.60. The summed E-state index contributed by atoms with van der Waals surface area (Å²) in [5, 5.41) is 8.72. The van der Waals surface area contributed by atoms with Gasteiger partial charge in [0.25, 0.3) is 0 Å². The predicted molar refractivity (Wildman–Crippen MR) is 65.9 cm³/mol. The number of nitrogens with zero attached hydrogens (tertiary/aromatic N) is 2. The van der Waals surface area contributed by atoms with Gasteiger partial charge in [0.1, 0.15) is 0 Å². The highest BCUT2D eigenvalue weighted by Gasteiger charge is 2.29. The number of halogens is 1. The number of hydrogen-bond acceptors (Lipinski definition) is 3. The van der Waals surface area contributed by atoms with Gasteiger partial charge in [-0.1, -0.05) is 0 Å². The highest BCUT2D eigenvalue weighted by molar-refractivity contribution is 14.1. The third kappa shape index (κ3) is 1.93. The van der Waals surface area contributed by atoms with Crippen LogP contribution in [0, 0.1) is 14.9 Å². The van der Waals surface area contributed by atoms with Gasteiger partial charge in [0.05, 0.1) is 30.3 Å². The molecule has 5 heteroatoms. The number of amides is 1. The van der Waals surface area contributed by atoms with Crippen LogP contribution in [0.15, 0.2) is 18.2 Å². The van der Waals surface area contributed by atoms with Crippen molar-refractivity contribution in [3.8, 4) is 6.07 Å². The molecular weight excluding hydrogens is 319 g/mol. The molecule has 2 rings (SSSR count). The number of carbonyl (C=O) groups excluding carboxylic acids is 2. The summed E-state index contributed by atoms with van der Waals surface area (Å²) in [7, 11) is 0. The molecule has 1 aromatic carbocycles. The van der Waals surface area contributed by atoms with Gasteiger partial charge in [0.2, 0.25) is 5.91 Å². The van der Waals surface area contributed by atoms with Gasteiger partial charge >= 0.3 is 0 Å². The number of nitriles is 1. The molecule has 16 heavy (non-hydrogen) atoms. The SMILES string of the molecule is N#Cc1ccc(N2CC(=O)CC2=O)c(I)c1. The molecule has 0 radical (unpaired) electrons. The minimum absolute atomic E-state index is 0.0178. The van der Waals surface area contributed by atoms with Crippen LogP contribution in [-0.4, -0.2) is 18.2 Å². The maximum absolute atomic E-state index is 11.5. The van der Waals surface area contributed by atoms with E-state index >= 15 is 0 Å². The van der Waals surface area contributed by atoms with Crippen LogP contribution >= 0.6 is 22.6 Å². The largest absolute Gasteiger partial charge is 0.304 e. The van der Waals surface area contributed by atoms with Crippen LogP contribution in [0.25, 0.3) is 0 Å². The Balaban J connectivity index is 2.39. The van der Waals surface area contributed by atoms with E-state index in [1.54, 1.807) is 18.2 Å². The monoisotopic (exact) mass is 326 g/mol. The Hall–Kier alpha value is -1.42. The number of hydrogen-bond donors (Lipinski definition) is 0. The Bertz CT molecular complexity index is 519. The zero-order valence-electron chi connectivity index (χ0n) is 8.24. The third-order valence-electron chi connectivity index (χ3n) is 2.35. The molecule has 0 spiro atoms. The maximum Gasteiger partial charge on any atom is 0.234 e. The molecule has 4 nitrogen and oxygen atoms in total. The molecule has 80 valence electrons. The first-order valence-corrected chi connectivity index (χ1v) is 5.71. The Morgan fingerprint density at radius 2 is 2.12 bits per heavy atom. The smallest absolute Gasteiger partial charge is 0.234 e. The first kappa shape index (κ1) is 11.1. The zero-order chi connectivity index (χ0) is 11.7. The van der Waals surface area contributed by atoms with Crippen molar-refractivity contribution in [2.75, 3.05) is 11.4 Å². The fraction of sp³-hybridized carbons (Fsp3) is 0.182. The summed E-state index contributed by atoms with van der Waals surface area (Å²) >= 11 is 2.06. The molecule has 1 heterocycles. The molecule has 1 saturated heterocycles. The van der Waals surface area contributed by atoms with Gasteiger partial charge < -0.3 is 4.90 Å². The minimum Gasteiger partial charge on any atom is -0.304 e. The molecule has 0 unspecified atom stereocenters. The van der Waals surface area contributed by atoms with Crippen molar-refractivity contribution in [2.24, 2.45) is 0 Å². The lowest BCUT2D eigenvalue weighted by atomic mass is 10.2. The van der Waals surface area contributed by atoms with Gasteiger partial charge in [-0.05, 0) is 40.8 Å². The second-order valence-electron chi connectivity index (χ2n) is 3.47. The lowest BCUT2D eigenvalue weighted by Gasteiger charge is -2.16. The first-order chi connectivity index (χ1) is 7.61. The Morgan fingerprint density at radius 3 is 2.62 bits per heavy atom. The quantitative estimate of drug-likeness (QED) is 0.580. The van der Waals surface area contributed by atoms with E-state index in [0.29, 0.717) is 11.3 Å². The first-order valence-electron chi connectivity index (χ1n) is 4.63. The van der Waals surface area contributed by atoms with E-state index in [-0.39, 0.29) is 24.7 Å². The summed E-state index contributed by atoms with van der Waals surface area (Å²) in [4.78, 5) is 24.1. The van der Waals surface area contributed by atoms with Gasteiger partial charge in [-0.3, -0.25) is 9.59 Å². The van der Waals surface area contributed by atoms with Crippen LogP contribution in [0.1, 0.15) is 12.0 Å². The van der Waals surface area contributed by atoms with E-state index in [1.807, 2.05) is 6.07 Å². The minimum atomic E-state index is -0.173. The molecule has 0 atom stereocenters. The summed E-state index contributed by atoms with van der Waals surface area (Å²) in [5.74, 6) is -0.238. The molecule has 1 amide bonds. The predicted octanol–water partition coefficient (Wildman–Crippen LogP) is 1.47. The van der Waals surface area contributed by atoms with Crippen LogP contribution in [0.5, 0.6) is 0 Å². The average Bonchev–Trinajstić information content (AvgIpc) is 2.57. The van der Waals surface area contributed by atoms with Crippen molar-refractivity contribution in [3.63, 3.8) is 0 Å². The van der Waals surface area contributed by atoms with E-state index in [9.17, 15) is 9.59 Å². The standard InChI is InChI=1S/C11H7IN2O2/c12-9-3-7(5-13)1-2-10(9)14-6-8(15)4-11(14)16/h1-3H,4,6H2. The molecule has 1 aromatic rings. The number of benzene rings is 1. The molecule has 1 aliphatic heterocycles. The number of carbonyl (C=O) groups is 2. The van der Waals surface area contributed by atoms with E-state index in [4.69, 9.17) is 5.26 Å². The number of ketones is 1. The summed E-state index contributed by atoms with van der Waals surface area (Å²) in [6, 6.07) is 7.08. The summed E-state index contributed by atoms with van der Waals surface area (Å²) in [5.41, 5.74) is 1.25. The molecule has 0 N–H and O–H groups in total. The third-order valence-corrected chi connectivity index (χ3v) is 3.22. The van der Waals surface area contributed by atoms with E-state index in [0.717, 1.165) is 3.57 Å². The Kier molecular flexibility index (Phi) is 2.92. The van der Waals surface area contributed by atoms with Crippen molar-refractivity contribution in [1.29, 1.82) is 5.26 Å². The van der Waals surface area contributed by atoms with Gasteiger partial charge in [-0.15, -0.1) is 0 Å². The molecule has 0 bridgehead atoms. The molecule has 1 aliphatic rings. The summed E-state index contributed by atoms with van der Waals surface area (Å²) < 4.78 is 0.805. The number of anilines is 1. The zero-order valence-corrected chi connectivity index (χ0v) is 10.4. The Morgan fingerprint density at radius 1 is 1.38 bits per heavy atom. The van der Waals surface area contributed by atoms with Crippen LogP contribution in [0.2, 0.25) is 0 Å². The van der Waals surface area contributed by atoms with Gasteiger partial charge in [0.15, 0.2) is 5.78 Å². The van der Waals surface area contributed by atoms with E-state index in [1.165, 1.54) is 4.90 Å². The normalized spacial score (nSPS) is 15.4. The van der Waals surface area contributed by atoms with Crippen LogP contribution in [0.4, 0.5) is 5.69 Å². The topological polar surface area (TPSA) is 61.2 Å². The van der Waals surface area contributed by atoms with Crippen LogP contribution in [-0.2, 0) is 9.59 Å². The van der Waals surface area contributed by atoms with E-state index in [2.05, 4.69) is 22.6 Å². The van der Waals surface area contributed by atoms with Crippen molar-refractivity contribution >= 4 is 40.0 Å². The lowest BCUT2D eigenvalue weighted by Crippen LogP contribution is -2.25. The molecular formula is C11H7IN2O2. The maximum atomic E-state index is 11.5. The average molecular weight is 326 g/mol. The Labute approximate surface area is 106 Å². The van der Waals surface area contributed by atoms with Crippen molar-refractivity contribution < 1.29 is 9.59 Å². The van der Waals surface area contributed by atoms with Crippen molar-refractivity contribution in [3.05, 3.63) is 27.3 Å². The van der Waals surface area contributed by atoms with Crippen LogP contribution in [0.3, 0.4) is 0 Å². The summed E-state index contributed by atoms with van der Waals surface area (Å²) in [6.45, 7) is 0.140. The number of Topliss-reactive ketones (excluding diaryl/α,β-unsaturated/α-hetero) is 1. The molecule has 0 saturated carbocycles. The van der Waals surface area contributed by atoms with Crippen molar-refractivity contribution in [1.82, 2.24) is 0 Å². The lowest BCUT2D eigenvalue weighted by molar-refractivity contribution is -0.121. The molecule has 1 fully saturated rings. The fourth-order valence-corrected chi connectivity index (χ4v) is 2.41. The highest BCUT2D eigenvalue weighted by Crippen LogP contribution is 2.26. The van der Waals surface area contributed by atoms with Crippen LogP contribution < -0.4 is 4.90 Å². The second kappa shape index (κ2) is 4.22. The van der Waals surface area contributed by atoms with Crippen molar-refractivity contribution in [2.45, 2.75) is 6.42 Å². The molecule has 0 aromatic heterocycles. The van der Waals surface area contributed by atoms with Gasteiger partial charge in [0, 0.05) is 3.57 Å². The second-order valence-corrected chi connectivity index (χ2v) is 4.64. The van der Waals surface area contributed by atoms with Gasteiger partial charge in [-0.25, -0.2) is 0 Å².